The van der Waals surface area contributed by atoms with Gasteiger partial charge in [0.15, 0.2) is 0 Å². The maximum atomic E-state index is 12.5. The molecule has 0 spiro atoms. The Morgan fingerprint density at radius 1 is 1.26 bits per heavy atom. The SMILES string of the molecule is C=C(C)C[C@H](NC(=O)Cc1ccc(C(F)(F)F)cc1)C(=O)OC. The second-order valence-electron chi connectivity index (χ2n) is 5.18. The molecule has 0 saturated heterocycles. The van der Waals surface area contributed by atoms with Crippen molar-refractivity contribution in [1.29, 1.82) is 0 Å². The first kappa shape index (κ1) is 18.7. The Hall–Kier alpha value is -2.31. The van der Waals surface area contributed by atoms with Crippen LogP contribution in [-0.2, 0) is 26.9 Å². The van der Waals surface area contributed by atoms with Crippen molar-refractivity contribution in [2.45, 2.75) is 32.0 Å². The molecular formula is C16H18F3NO3. The van der Waals surface area contributed by atoms with Gasteiger partial charge in [-0.15, -0.1) is 6.58 Å². The number of rotatable bonds is 6. The standard InChI is InChI=1S/C16H18F3NO3/c1-10(2)8-13(15(22)23-3)20-14(21)9-11-4-6-12(7-5-11)16(17,18)19/h4-7,13H,1,8-9H2,2-3H3,(H,20,21)/t13-/m0/s1. The Kier molecular flexibility index (Phi) is 6.36. The Bertz CT molecular complexity index is 579. The van der Waals surface area contributed by atoms with Gasteiger partial charge in [-0.1, -0.05) is 17.7 Å². The fraction of sp³-hybridized carbons (Fsp3) is 0.375. The predicted octanol–water partition coefficient (Wildman–Crippen LogP) is 2.87. The van der Waals surface area contributed by atoms with Crippen LogP contribution in [0.25, 0.3) is 0 Å². The Morgan fingerprint density at radius 3 is 2.26 bits per heavy atom. The molecule has 0 unspecified atom stereocenters. The van der Waals surface area contributed by atoms with Crippen molar-refractivity contribution >= 4 is 11.9 Å². The maximum Gasteiger partial charge on any atom is 0.416 e. The first-order valence-corrected chi connectivity index (χ1v) is 6.81. The van der Waals surface area contributed by atoms with Gasteiger partial charge in [0.2, 0.25) is 5.91 Å². The van der Waals surface area contributed by atoms with Crippen LogP contribution in [0.3, 0.4) is 0 Å². The monoisotopic (exact) mass is 329 g/mol. The Morgan fingerprint density at radius 2 is 1.83 bits per heavy atom. The van der Waals surface area contributed by atoms with Crippen LogP contribution in [0.15, 0.2) is 36.4 Å². The normalized spacial score (nSPS) is 12.4. The van der Waals surface area contributed by atoms with Crippen molar-refractivity contribution < 1.29 is 27.5 Å². The molecule has 0 aromatic heterocycles. The zero-order valence-electron chi connectivity index (χ0n) is 12.9. The summed E-state index contributed by atoms with van der Waals surface area (Å²) in [6, 6.07) is 3.42. The van der Waals surface area contributed by atoms with E-state index in [-0.39, 0.29) is 12.8 Å². The molecule has 0 aliphatic rings. The molecule has 0 radical (unpaired) electrons. The van der Waals surface area contributed by atoms with Crippen LogP contribution in [0, 0.1) is 0 Å². The summed E-state index contributed by atoms with van der Waals surface area (Å²) < 4.78 is 42.0. The molecular weight excluding hydrogens is 311 g/mol. The highest BCUT2D eigenvalue weighted by Crippen LogP contribution is 2.29. The fourth-order valence-corrected chi connectivity index (χ4v) is 1.93. The minimum atomic E-state index is -4.42. The van der Waals surface area contributed by atoms with E-state index in [9.17, 15) is 22.8 Å². The average Bonchev–Trinajstić information content (AvgIpc) is 2.44. The van der Waals surface area contributed by atoms with Crippen LogP contribution in [0.4, 0.5) is 13.2 Å². The van der Waals surface area contributed by atoms with Gasteiger partial charge in [0.25, 0.3) is 0 Å². The van der Waals surface area contributed by atoms with E-state index in [1.807, 2.05) is 0 Å². The lowest BCUT2D eigenvalue weighted by Gasteiger charge is -2.16. The van der Waals surface area contributed by atoms with Gasteiger partial charge in [-0.25, -0.2) is 4.79 Å². The van der Waals surface area contributed by atoms with Crippen LogP contribution < -0.4 is 5.32 Å². The smallest absolute Gasteiger partial charge is 0.416 e. The first-order valence-electron chi connectivity index (χ1n) is 6.81. The van der Waals surface area contributed by atoms with Crippen molar-refractivity contribution in [2.75, 3.05) is 7.11 Å². The number of nitrogens with one attached hydrogen (secondary N) is 1. The van der Waals surface area contributed by atoms with E-state index in [0.29, 0.717) is 11.1 Å². The molecule has 126 valence electrons. The van der Waals surface area contributed by atoms with Crippen molar-refractivity contribution in [2.24, 2.45) is 0 Å². The number of halogens is 3. The number of alkyl halides is 3. The van der Waals surface area contributed by atoms with Gasteiger partial charge < -0.3 is 10.1 Å². The first-order chi connectivity index (χ1) is 10.6. The number of methoxy groups -OCH3 is 1. The second-order valence-corrected chi connectivity index (χ2v) is 5.18. The molecule has 1 N–H and O–H groups in total. The largest absolute Gasteiger partial charge is 0.467 e. The van der Waals surface area contributed by atoms with Crippen LogP contribution in [0.1, 0.15) is 24.5 Å². The van der Waals surface area contributed by atoms with Crippen molar-refractivity contribution in [3.63, 3.8) is 0 Å². The predicted molar refractivity (Wildman–Crippen MR) is 78.5 cm³/mol. The summed E-state index contributed by atoms with van der Waals surface area (Å²) >= 11 is 0. The van der Waals surface area contributed by atoms with E-state index in [1.165, 1.54) is 19.2 Å². The summed E-state index contributed by atoms with van der Waals surface area (Å²) in [6.07, 6.45) is -4.33. The third kappa shape index (κ3) is 6.14. The summed E-state index contributed by atoms with van der Waals surface area (Å²) in [5, 5.41) is 2.50. The molecule has 0 heterocycles. The highest BCUT2D eigenvalue weighted by molar-refractivity contribution is 5.85. The van der Waals surface area contributed by atoms with Gasteiger partial charge in [0.05, 0.1) is 19.1 Å². The summed E-state index contributed by atoms with van der Waals surface area (Å²) in [5.41, 5.74) is 0.320. The van der Waals surface area contributed by atoms with E-state index in [2.05, 4.69) is 16.6 Å². The highest BCUT2D eigenvalue weighted by atomic mass is 19.4. The topological polar surface area (TPSA) is 55.4 Å². The molecule has 4 nitrogen and oxygen atoms in total. The third-order valence-electron chi connectivity index (χ3n) is 3.02. The maximum absolute atomic E-state index is 12.5. The zero-order chi connectivity index (χ0) is 17.6. The summed E-state index contributed by atoms with van der Waals surface area (Å²) in [6.45, 7) is 5.38. The number of carbonyl (C=O) groups excluding carboxylic acids is 2. The molecule has 0 bridgehead atoms. The minimum absolute atomic E-state index is 0.137. The lowest BCUT2D eigenvalue weighted by atomic mass is 10.1. The van der Waals surface area contributed by atoms with Crippen LogP contribution in [-0.4, -0.2) is 25.0 Å². The molecule has 0 saturated carbocycles. The number of ether oxygens (including phenoxy) is 1. The number of hydrogen-bond acceptors (Lipinski definition) is 3. The van der Waals surface area contributed by atoms with Crippen LogP contribution in [0.2, 0.25) is 0 Å². The van der Waals surface area contributed by atoms with Gasteiger partial charge in [0, 0.05) is 0 Å². The van der Waals surface area contributed by atoms with Gasteiger partial charge in [-0.05, 0) is 31.0 Å². The van der Waals surface area contributed by atoms with Gasteiger partial charge in [-0.3, -0.25) is 4.79 Å². The molecule has 1 aromatic rings. The molecule has 0 fully saturated rings. The van der Waals surface area contributed by atoms with E-state index >= 15 is 0 Å². The summed E-state index contributed by atoms with van der Waals surface area (Å²) in [4.78, 5) is 23.5. The van der Waals surface area contributed by atoms with Crippen molar-refractivity contribution in [1.82, 2.24) is 5.32 Å². The zero-order valence-corrected chi connectivity index (χ0v) is 12.9. The lowest BCUT2D eigenvalue weighted by molar-refractivity contribution is -0.145. The van der Waals surface area contributed by atoms with E-state index < -0.39 is 29.7 Å². The van der Waals surface area contributed by atoms with Crippen molar-refractivity contribution in [3.8, 4) is 0 Å². The summed E-state index contributed by atoms with van der Waals surface area (Å²) in [5.74, 6) is -1.09. The molecule has 1 atom stereocenters. The second kappa shape index (κ2) is 7.80. The Balaban J connectivity index is 2.70. The molecule has 0 aliphatic heterocycles. The van der Waals surface area contributed by atoms with E-state index in [4.69, 9.17) is 0 Å². The molecule has 23 heavy (non-hydrogen) atoms. The number of hydrogen-bond donors (Lipinski definition) is 1. The van der Waals surface area contributed by atoms with Crippen molar-refractivity contribution in [3.05, 3.63) is 47.5 Å². The summed E-state index contributed by atoms with van der Waals surface area (Å²) in [7, 11) is 1.20. The van der Waals surface area contributed by atoms with Gasteiger partial charge >= 0.3 is 12.1 Å². The van der Waals surface area contributed by atoms with Crippen LogP contribution >= 0.6 is 0 Å². The lowest BCUT2D eigenvalue weighted by Crippen LogP contribution is -2.42. The fourth-order valence-electron chi connectivity index (χ4n) is 1.93. The van der Waals surface area contributed by atoms with E-state index in [0.717, 1.165) is 12.1 Å². The van der Waals surface area contributed by atoms with Gasteiger partial charge in [-0.2, -0.15) is 13.2 Å². The van der Waals surface area contributed by atoms with Gasteiger partial charge in [0.1, 0.15) is 6.04 Å². The average molecular weight is 329 g/mol. The third-order valence-corrected chi connectivity index (χ3v) is 3.02. The van der Waals surface area contributed by atoms with E-state index in [1.54, 1.807) is 6.92 Å². The molecule has 7 heteroatoms. The molecule has 1 aromatic carbocycles. The number of amides is 1. The number of esters is 1. The highest BCUT2D eigenvalue weighted by Gasteiger charge is 2.30. The number of benzene rings is 1. The number of carbonyl (C=O) groups is 2. The minimum Gasteiger partial charge on any atom is -0.467 e. The van der Waals surface area contributed by atoms with Crippen LogP contribution in [0.5, 0.6) is 0 Å². The molecule has 1 amide bonds. The quantitative estimate of drug-likeness (QED) is 0.645. The molecule has 0 aliphatic carbocycles. The molecule has 1 rings (SSSR count). The Labute approximate surface area is 132 Å².